The van der Waals surface area contributed by atoms with E-state index in [2.05, 4.69) is 0 Å². The Kier molecular flexibility index (Phi) is 4.69. The molecular formula is C12H14F3NO. The van der Waals surface area contributed by atoms with E-state index in [1.54, 1.807) is 24.3 Å². The second-order valence-electron chi connectivity index (χ2n) is 3.79. The number of carbonyl (C=O) groups is 1. The maximum absolute atomic E-state index is 11.9. The fourth-order valence-electron chi connectivity index (χ4n) is 1.42. The van der Waals surface area contributed by atoms with Crippen molar-refractivity contribution >= 4 is 5.78 Å². The summed E-state index contributed by atoms with van der Waals surface area (Å²) in [6.07, 6.45) is -5.36. The number of halogens is 3. The summed E-state index contributed by atoms with van der Waals surface area (Å²) in [5, 5.41) is 0. The first-order chi connectivity index (χ1) is 7.92. The molecule has 1 aromatic carbocycles. The predicted octanol–water partition coefficient (Wildman–Crippen LogP) is 3.06. The molecule has 0 unspecified atom stereocenters. The molecule has 1 aromatic rings. The van der Waals surface area contributed by atoms with Crippen LogP contribution in [0.5, 0.6) is 0 Å². The molecule has 0 bridgehead atoms. The van der Waals surface area contributed by atoms with Gasteiger partial charge in [0, 0.05) is 24.9 Å². The molecule has 0 aliphatic heterocycles. The van der Waals surface area contributed by atoms with Crippen molar-refractivity contribution < 1.29 is 18.0 Å². The highest BCUT2D eigenvalue weighted by Gasteiger charge is 2.26. The van der Waals surface area contributed by atoms with Gasteiger partial charge < -0.3 is 5.73 Å². The van der Waals surface area contributed by atoms with Gasteiger partial charge in [-0.2, -0.15) is 13.2 Å². The van der Waals surface area contributed by atoms with Crippen LogP contribution in [0.3, 0.4) is 0 Å². The number of ketones is 1. The van der Waals surface area contributed by atoms with Crippen LogP contribution in [0.4, 0.5) is 13.2 Å². The van der Waals surface area contributed by atoms with Crippen LogP contribution >= 0.6 is 0 Å². The van der Waals surface area contributed by atoms with Crippen molar-refractivity contribution in [3.8, 4) is 0 Å². The van der Waals surface area contributed by atoms with Crippen LogP contribution in [-0.2, 0) is 6.54 Å². The van der Waals surface area contributed by atoms with E-state index in [1.165, 1.54) is 0 Å². The fourth-order valence-corrected chi connectivity index (χ4v) is 1.42. The third-order valence-corrected chi connectivity index (χ3v) is 2.38. The Morgan fingerprint density at radius 1 is 1.18 bits per heavy atom. The van der Waals surface area contributed by atoms with Crippen LogP contribution in [0.1, 0.15) is 35.2 Å². The summed E-state index contributed by atoms with van der Waals surface area (Å²) < 4.78 is 35.6. The molecule has 0 spiro atoms. The monoisotopic (exact) mass is 245 g/mol. The molecule has 0 heterocycles. The van der Waals surface area contributed by atoms with E-state index in [-0.39, 0.29) is 18.6 Å². The standard InChI is InChI=1S/C12H14F3NO/c13-12(14,15)7-1-2-11(17)10-5-3-9(8-16)4-6-10/h3-6H,1-2,7-8,16H2. The molecule has 0 saturated heterocycles. The first-order valence-electron chi connectivity index (χ1n) is 5.31. The second-order valence-corrected chi connectivity index (χ2v) is 3.79. The van der Waals surface area contributed by atoms with Gasteiger partial charge in [0.25, 0.3) is 0 Å². The van der Waals surface area contributed by atoms with Crippen molar-refractivity contribution in [1.82, 2.24) is 0 Å². The smallest absolute Gasteiger partial charge is 0.326 e. The lowest BCUT2D eigenvalue weighted by atomic mass is 10.0. The number of hydrogen-bond acceptors (Lipinski definition) is 2. The zero-order chi connectivity index (χ0) is 12.9. The molecule has 2 nitrogen and oxygen atoms in total. The number of alkyl halides is 3. The summed E-state index contributed by atoms with van der Waals surface area (Å²) in [6, 6.07) is 6.60. The van der Waals surface area contributed by atoms with Gasteiger partial charge in [-0.25, -0.2) is 0 Å². The Hall–Kier alpha value is -1.36. The number of carbonyl (C=O) groups excluding carboxylic acids is 1. The zero-order valence-electron chi connectivity index (χ0n) is 9.26. The molecule has 1 rings (SSSR count). The average Bonchev–Trinajstić information content (AvgIpc) is 2.27. The van der Waals surface area contributed by atoms with E-state index in [9.17, 15) is 18.0 Å². The Morgan fingerprint density at radius 2 is 1.76 bits per heavy atom. The molecule has 0 fully saturated rings. The van der Waals surface area contributed by atoms with Gasteiger partial charge in [0.1, 0.15) is 0 Å². The largest absolute Gasteiger partial charge is 0.389 e. The lowest BCUT2D eigenvalue weighted by Gasteiger charge is -2.05. The molecule has 0 radical (unpaired) electrons. The van der Waals surface area contributed by atoms with E-state index in [0.717, 1.165) is 5.56 Å². The Bertz CT molecular complexity index is 370. The van der Waals surface area contributed by atoms with Crippen molar-refractivity contribution in [3.05, 3.63) is 35.4 Å². The van der Waals surface area contributed by atoms with E-state index < -0.39 is 12.6 Å². The van der Waals surface area contributed by atoms with E-state index in [0.29, 0.717) is 12.1 Å². The maximum Gasteiger partial charge on any atom is 0.389 e. The Morgan fingerprint density at radius 3 is 2.24 bits per heavy atom. The van der Waals surface area contributed by atoms with Gasteiger partial charge in [0.05, 0.1) is 0 Å². The number of nitrogens with two attached hydrogens (primary N) is 1. The Labute approximate surface area is 97.6 Å². The van der Waals surface area contributed by atoms with Gasteiger partial charge in [0.15, 0.2) is 5.78 Å². The first-order valence-corrected chi connectivity index (χ1v) is 5.31. The van der Waals surface area contributed by atoms with Gasteiger partial charge in [-0.3, -0.25) is 4.79 Å². The molecule has 17 heavy (non-hydrogen) atoms. The lowest BCUT2D eigenvalue weighted by Crippen LogP contribution is -2.08. The molecule has 0 aliphatic carbocycles. The number of rotatable bonds is 5. The molecule has 0 saturated carbocycles. The quantitative estimate of drug-likeness (QED) is 0.810. The summed E-state index contributed by atoms with van der Waals surface area (Å²) in [6.45, 7) is 0.378. The van der Waals surface area contributed by atoms with Gasteiger partial charge in [-0.15, -0.1) is 0 Å². The normalized spacial score (nSPS) is 11.5. The first kappa shape index (κ1) is 13.7. The van der Waals surface area contributed by atoms with Gasteiger partial charge in [-0.05, 0) is 12.0 Å². The van der Waals surface area contributed by atoms with Gasteiger partial charge in [-0.1, -0.05) is 24.3 Å². The SMILES string of the molecule is NCc1ccc(C(=O)CCCC(F)(F)F)cc1. The summed E-state index contributed by atoms with van der Waals surface area (Å²) in [5.74, 6) is -0.266. The minimum atomic E-state index is -4.19. The summed E-state index contributed by atoms with van der Waals surface area (Å²) in [5.41, 5.74) is 6.71. The fraction of sp³-hybridized carbons (Fsp3) is 0.417. The van der Waals surface area contributed by atoms with E-state index in [4.69, 9.17) is 5.73 Å². The highest BCUT2D eigenvalue weighted by atomic mass is 19.4. The maximum atomic E-state index is 11.9. The van der Waals surface area contributed by atoms with E-state index >= 15 is 0 Å². The van der Waals surface area contributed by atoms with Crippen LogP contribution in [-0.4, -0.2) is 12.0 Å². The van der Waals surface area contributed by atoms with Crippen molar-refractivity contribution in [2.45, 2.75) is 32.0 Å². The topological polar surface area (TPSA) is 43.1 Å². The molecule has 0 atom stereocenters. The van der Waals surface area contributed by atoms with Crippen molar-refractivity contribution in [2.75, 3.05) is 0 Å². The average molecular weight is 245 g/mol. The minimum absolute atomic E-state index is 0.0819. The molecular weight excluding hydrogens is 231 g/mol. The third-order valence-electron chi connectivity index (χ3n) is 2.38. The van der Waals surface area contributed by atoms with Gasteiger partial charge in [0.2, 0.25) is 0 Å². The van der Waals surface area contributed by atoms with Crippen molar-refractivity contribution in [1.29, 1.82) is 0 Å². The third kappa shape index (κ3) is 4.99. The van der Waals surface area contributed by atoms with Gasteiger partial charge >= 0.3 is 6.18 Å². The number of benzene rings is 1. The molecule has 94 valence electrons. The summed E-state index contributed by atoms with van der Waals surface area (Å²) in [7, 11) is 0. The van der Waals surface area contributed by atoms with Crippen molar-refractivity contribution in [3.63, 3.8) is 0 Å². The summed E-state index contributed by atoms with van der Waals surface area (Å²) >= 11 is 0. The van der Waals surface area contributed by atoms with Crippen LogP contribution in [0, 0.1) is 0 Å². The molecule has 0 aliphatic rings. The minimum Gasteiger partial charge on any atom is -0.326 e. The van der Waals surface area contributed by atoms with Crippen LogP contribution in [0.15, 0.2) is 24.3 Å². The summed E-state index contributed by atoms with van der Waals surface area (Å²) in [4.78, 5) is 11.5. The Balaban J connectivity index is 2.47. The molecule has 5 heteroatoms. The highest BCUT2D eigenvalue weighted by Crippen LogP contribution is 2.22. The van der Waals surface area contributed by atoms with Crippen LogP contribution in [0.2, 0.25) is 0 Å². The van der Waals surface area contributed by atoms with E-state index in [1.807, 2.05) is 0 Å². The predicted molar refractivity (Wildman–Crippen MR) is 58.6 cm³/mol. The molecule has 0 aromatic heterocycles. The van der Waals surface area contributed by atoms with Crippen LogP contribution in [0.25, 0.3) is 0 Å². The van der Waals surface area contributed by atoms with Crippen molar-refractivity contribution in [2.24, 2.45) is 5.73 Å². The molecule has 2 N–H and O–H groups in total. The second kappa shape index (κ2) is 5.82. The highest BCUT2D eigenvalue weighted by molar-refractivity contribution is 5.96. The van der Waals surface area contributed by atoms with Crippen LogP contribution < -0.4 is 5.73 Å². The molecule has 0 amide bonds. The zero-order valence-corrected chi connectivity index (χ0v) is 9.26. The number of hydrogen-bond donors (Lipinski definition) is 1. The lowest BCUT2D eigenvalue weighted by molar-refractivity contribution is -0.135. The number of Topliss-reactive ketones (excluding diaryl/α,β-unsaturated/α-hetero) is 1.